The molecule has 0 aliphatic heterocycles. The van der Waals surface area contributed by atoms with Gasteiger partial charge in [0.25, 0.3) is 0 Å². The van der Waals surface area contributed by atoms with Crippen molar-refractivity contribution in [2.75, 3.05) is 0 Å². The minimum Gasteiger partial charge on any atom is -1.00 e. The minimum atomic E-state index is 0. The topological polar surface area (TPSA) is 0 Å². The summed E-state index contributed by atoms with van der Waals surface area (Å²) in [5, 5.41) is 0. The molecular formula is C20H34Cl4Ir2. The van der Waals surface area contributed by atoms with Gasteiger partial charge in [-0.1, -0.05) is 36.1 Å². The standard InChI is InChI=1S/2C10H15.2ClH2.2ClH.2Ir/c2*1-6-7(2)9(4)10(5)8(6)3;;;;;;/h2*1-5H3;2*1H2;2*1H;;/q;;2*+1;;;;/p-2. The van der Waals surface area contributed by atoms with Crippen molar-refractivity contribution in [2.45, 2.75) is 69.2 Å². The van der Waals surface area contributed by atoms with Gasteiger partial charge in [-0.15, -0.1) is 0 Å². The summed E-state index contributed by atoms with van der Waals surface area (Å²) in [7, 11) is 0. The predicted molar refractivity (Wildman–Crippen MR) is 96.9 cm³/mol. The summed E-state index contributed by atoms with van der Waals surface area (Å²) in [4.78, 5) is 0. The average molecular weight is 801 g/mol. The molecule has 0 aromatic rings. The number of halogens is 4. The van der Waals surface area contributed by atoms with Crippen molar-refractivity contribution in [2.24, 2.45) is 0 Å². The fourth-order valence-corrected chi connectivity index (χ4v) is 2.81. The maximum Gasteiger partial charge on any atom is 0.0903 e. The van der Waals surface area contributed by atoms with Crippen LogP contribution in [0.4, 0.5) is 0 Å². The molecule has 0 bridgehead atoms. The molecule has 2 aliphatic rings. The van der Waals surface area contributed by atoms with E-state index < -0.39 is 0 Å². The molecular weight excluding hydrogens is 766 g/mol. The van der Waals surface area contributed by atoms with Gasteiger partial charge in [-0.3, -0.25) is 0 Å². The summed E-state index contributed by atoms with van der Waals surface area (Å²) >= 11 is 0. The van der Waals surface area contributed by atoms with E-state index in [1.165, 1.54) is 56.4 Å². The van der Waals surface area contributed by atoms with Crippen LogP contribution in [0.15, 0.2) is 44.6 Å². The molecule has 160 valence electrons. The summed E-state index contributed by atoms with van der Waals surface area (Å²) in [6, 6.07) is 0. The van der Waals surface area contributed by atoms with E-state index >= 15 is 0 Å². The van der Waals surface area contributed by atoms with Crippen molar-refractivity contribution in [3.05, 3.63) is 56.4 Å². The molecule has 0 fully saturated rings. The first-order valence-corrected chi connectivity index (χ1v) is 7.50. The molecule has 6 heteroatoms. The molecule has 0 nitrogen and oxygen atoms in total. The van der Waals surface area contributed by atoms with Crippen LogP contribution in [0.25, 0.3) is 0 Å². The van der Waals surface area contributed by atoms with Crippen molar-refractivity contribution in [3.63, 3.8) is 0 Å². The SMILES string of the molecule is C[C]1C(C)=C(C)C(C)=C1C.C[C]1C(C)=C(C)C(C)=C1C.[Cl-].[Cl-].[ClH2+].[ClH2+].[Ir].[Ir]. The largest absolute Gasteiger partial charge is 1.00 e. The van der Waals surface area contributed by atoms with Crippen molar-refractivity contribution < 1.29 is 89.8 Å². The maximum atomic E-state index is 2.20. The van der Waals surface area contributed by atoms with Gasteiger partial charge in [0, 0.05) is 52.0 Å². The van der Waals surface area contributed by atoms with Gasteiger partial charge in [0.1, 0.15) is 0 Å². The molecule has 0 spiro atoms. The molecule has 0 unspecified atom stereocenters. The quantitative estimate of drug-likeness (QED) is 0.310. The van der Waals surface area contributed by atoms with Crippen LogP contribution in [-0.2, 0) is 40.2 Å². The summed E-state index contributed by atoms with van der Waals surface area (Å²) < 4.78 is 0. The third kappa shape index (κ3) is 8.83. The zero-order valence-electron chi connectivity index (χ0n) is 17.3. The Morgan fingerprint density at radius 2 is 0.423 bits per heavy atom. The molecule has 2 rings (SSSR count). The third-order valence-electron chi connectivity index (χ3n) is 5.62. The third-order valence-corrected chi connectivity index (χ3v) is 5.62. The Bertz CT molecular complexity index is 460. The van der Waals surface area contributed by atoms with Gasteiger partial charge < -0.3 is 24.8 Å². The van der Waals surface area contributed by atoms with E-state index in [1.54, 1.807) is 0 Å². The summed E-state index contributed by atoms with van der Waals surface area (Å²) in [5.41, 5.74) is 11.7. The van der Waals surface area contributed by atoms with E-state index in [0.717, 1.165) is 0 Å². The van der Waals surface area contributed by atoms with E-state index in [1.807, 2.05) is 0 Å². The zero-order chi connectivity index (χ0) is 15.8. The molecule has 0 N–H and O–H groups in total. The van der Waals surface area contributed by atoms with Crippen LogP contribution in [0, 0.1) is 36.6 Å². The Labute approximate surface area is 213 Å². The van der Waals surface area contributed by atoms with Gasteiger partial charge in [-0.25, -0.2) is 0 Å². The summed E-state index contributed by atoms with van der Waals surface area (Å²) in [6.07, 6.45) is 0. The Kier molecular flexibility index (Phi) is 27.7. The van der Waals surface area contributed by atoms with E-state index in [9.17, 15) is 0 Å². The number of allylic oxidation sites excluding steroid dienone is 8. The molecule has 0 amide bonds. The molecule has 0 saturated heterocycles. The first-order valence-electron chi connectivity index (χ1n) is 7.50. The Balaban J connectivity index is -0.0000000625. The van der Waals surface area contributed by atoms with E-state index in [0.29, 0.717) is 0 Å². The van der Waals surface area contributed by atoms with Gasteiger partial charge in [0.15, 0.2) is 0 Å². The van der Waals surface area contributed by atoms with E-state index in [2.05, 4.69) is 69.2 Å². The smallest absolute Gasteiger partial charge is 0.0903 e. The van der Waals surface area contributed by atoms with Crippen LogP contribution in [0.2, 0.25) is 0 Å². The monoisotopic (exact) mass is 800 g/mol. The number of hydrogen-bond acceptors (Lipinski definition) is 0. The second-order valence-electron chi connectivity index (χ2n) is 6.25. The van der Waals surface area contributed by atoms with Crippen LogP contribution < -0.4 is 24.8 Å². The second kappa shape index (κ2) is 17.3. The van der Waals surface area contributed by atoms with Crippen molar-refractivity contribution in [1.29, 1.82) is 0 Å². The van der Waals surface area contributed by atoms with Crippen LogP contribution >= 0.6 is 0 Å². The van der Waals surface area contributed by atoms with Crippen LogP contribution in [0.5, 0.6) is 0 Å². The van der Waals surface area contributed by atoms with Gasteiger partial charge in [0.05, 0.1) is 24.8 Å². The molecule has 0 aromatic heterocycles. The van der Waals surface area contributed by atoms with Gasteiger partial charge in [-0.2, -0.15) is 0 Å². The Morgan fingerprint density at radius 3 is 0.462 bits per heavy atom. The van der Waals surface area contributed by atoms with Crippen LogP contribution in [-0.4, -0.2) is 0 Å². The minimum absolute atomic E-state index is 0. The molecule has 0 aromatic carbocycles. The van der Waals surface area contributed by atoms with E-state index in [-0.39, 0.29) is 89.8 Å². The summed E-state index contributed by atoms with van der Waals surface area (Å²) in [6.45, 7) is 22.0. The fourth-order valence-electron chi connectivity index (χ4n) is 2.81. The average Bonchev–Trinajstić information content (AvgIpc) is 2.71. The van der Waals surface area contributed by atoms with Gasteiger partial charge in [-0.05, 0) is 77.7 Å². The second-order valence-corrected chi connectivity index (χ2v) is 6.25. The molecule has 4 radical (unpaired) electrons. The Hall–Kier alpha value is 1.42. The number of rotatable bonds is 0. The van der Waals surface area contributed by atoms with Crippen molar-refractivity contribution in [1.82, 2.24) is 0 Å². The number of hydrogen-bond donors (Lipinski definition) is 0. The van der Waals surface area contributed by atoms with Gasteiger partial charge in [0.2, 0.25) is 0 Å². The Morgan fingerprint density at radius 1 is 0.308 bits per heavy atom. The predicted octanol–water partition coefficient (Wildman–Crippen LogP) is -0.533. The molecule has 0 heterocycles. The molecule has 0 atom stereocenters. The zero-order valence-corrected chi connectivity index (χ0v) is 25.4. The molecule has 0 saturated carbocycles. The van der Waals surface area contributed by atoms with E-state index in [4.69, 9.17) is 0 Å². The van der Waals surface area contributed by atoms with Crippen molar-refractivity contribution >= 4 is 0 Å². The first-order chi connectivity index (χ1) is 9.11. The van der Waals surface area contributed by atoms with Crippen LogP contribution in [0.1, 0.15) is 69.2 Å². The summed E-state index contributed by atoms with van der Waals surface area (Å²) in [5.74, 6) is 2.94. The fraction of sp³-hybridized carbons (Fsp3) is 0.500. The normalized spacial score (nSPS) is 16.4. The molecule has 26 heavy (non-hydrogen) atoms. The van der Waals surface area contributed by atoms with Crippen molar-refractivity contribution in [3.8, 4) is 0 Å². The van der Waals surface area contributed by atoms with Crippen LogP contribution in [0.3, 0.4) is 0 Å². The molecule has 2 aliphatic carbocycles. The van der Waals surface area contributed by atoms with Gasteiger partial charge >= 0.3 is 0 Å². The first kappa shape index (κ1) is 41.7. The maximum absolute atomic E-state index is 2.20.